The van der Waals surface area contributed by atoms with Crippen molar-refractivity contribution in [1.29, 1.82) is 0 Å². The van der Waals surface area contributed by atoms with E-state index in [9.17, 15) is 9.59 Å². The van der Waals surface area contributed by atoms with E-state index in [-0.39, 0.29) is 11.8 Å². The Bertz CT molecular complexity index is 1470. The van der Waals surface area contributed by atoms with Gasteiger partial charge in [-0.15, -0.1) is 0 Å². The van der Waals surface area contributed by atoms with Crippen molar-refractivity contribution in [2.24, 2.45) is 0 Å². The molecule has 2 amide bonds. The highest BCUT2D eigenvalue weighted by Gasteiger charge is 2.25. The number of hydrogen-bond donors (Lipinski definition) is 1. The number of nitrogens with one attached hydrogen (secondary N) is 1. The number of benzene rings is 2. The summed E-state index contributed by atoms with van der Waals surface area (Å²) < 4.78 is 2.18. The van der Waals surface area contributed by atoms with Crippen molar-refractivity contribution in [3.05, 3.63) is 108 Å². The number of pyridine rings is 1. The molecule has 0 atom stereocenters. The van der Waals surface area contributed by atoms with Crippen LogP contribution in [0.5, 0.6) is 0 Å². The lowest BCUT2D eigenvalue weighted by molar-refractivity contribution is 0.0983. The van der Waals surface area contributed by atoms with Gasteiger partial charge in [-0.2, -0.15) is 0 Å². The van der Waals surface area contributed by atoms with Crippen LogP contribution in [0, 0.1) is 0 Å². The summed E-state index contributed by atoms with van der Waals surface area (Å²) in [5.74, 6) is 0.414. The van der Waals surface area contributed by atoms with Crippen molar-refractivity contribution in [2.45, 2.75) is 13.1 Å². The van der Waals surface area contributed by atoms with E-state index in [1.165, 1.54) is 0 Å². The molecule has 0 saturated carbocycles. The van der Waals surface area contributed by atoms with E-state index >= 15 is 0 Å². The molecule has 2 aromatic heterocycles. The molecule has 2 aromatic carbocycles. The maximum Gasteiger partial charge on any atom is 0.259 e. The highest BCUT2D eigenvalue weighted by atomic mass is 16.2. The van der Waals surface area contributed by atoms with Crippen LogP contribution < -0.4 is 15.1 Å². The minimum absolute atomic E-state index is 0.0745. The van der Waals surface area contributed by atoms with Crippen LogP contribution in [0.15, 0.2) is 85.2 Å². The molecule has 1 N–H and O–H groups in total. The van der Waals surface area contributed by atoms with Gasteiger partial charge in [0.15, 0.2) is 0 Å². The van der Waals surface area contributed by atoms with E-state index in [4.69, 9.17) is 0 Å². The molecule has 8 nitrogen and oxygen atoms in total. The van der Waals surface area contributed by atoms with Crippen LogP contribution in [0.4, 0.5) is 17.2 Å². The van der Waals surface area contributed by atoms with Gasteiger partial charge in [-0.05, 0) is 67.2 Å². The lowest BCUT2D eigenvalue weighted by Gasteiger charge is -2.34. The van der Waals surface area contributed by atoms with Crippen LogP contribution in [0.1, 0.15) is 32.0 Å². The third kappa shape index (κ3) is 4.66. The highest BCUT2D eigenvalue weighted by Crippen LogP contribution is 2.29. The number of amides is 2. The SMILES string of the molecule is CN1CCN(c2ncccc2C(=O)Nc2ccc(C(=O)N3Cc4cccn4Cc4ccccc43)cc2)CC1. The summed E-state index contributed by atoms with van der Waals surface area (Å²) >= 11 is 0. The molecular weight excluding hydrogens is 476 g/mol. The van der Waals surface area contributed by atoms with E-state index in [1.54, 1.807) is 42.6 Å². The molecule has 192 valence electrons. The summed E-state index contributed by atoms with van der Waals surface area (Å²) in [5.41, 5.74) is 4.86. The molecule has 0 bridgehead atoms. The molecular formula is C30H30N6O2. The second-order valence-corrected chi connectivity index (χ2v) is 9.84. The first kappa shape index (κ1) is 23.9. The monoisotopic (exact) mass is 506 g/mol. The Morgan fingerprint density at radius 3 is 2.45 bits per heavy atom. The molecule has 0 aliphatic carbocycles. The van der Waals surface area contributed by atoms with Gasteiger partial charge in [0, 0.05) is 67.7 Å². The Morgan fingerprint density at radius 1 is 0.842 bits per heavy atom. The Morgan fingerprint density at radius 2 is 1.63 bits per heavy atom. The molecule has 4 heterocycles. The number of hydrogen-bond acceptors (Lipinski definition) is 5. The van der Waals surface area contributed by atoms with Gasteiger partial charge in [0.05, 0.1) is 12.1 Å². The van der Waals surface area contributed by atoms with Crippen molar-refractivity contribution in [1.82, 2.24) is 14.5 Å². The molecule has 1 saturated heterocycles. The standard InChI is InChI=1S/C30H30N6O2/c1-33-16-18-34(19-17-33)28-26(8-4-14-31-28)29(37)32-24-12-10-22(11-13-24)30(38)36-21-25-7-5-15-35(25)20-23-6-2-3-9-27(23)36/h2-15H,16-21H2,1H3,(H,32,37). The van der Waals surface area contributed by atoms with Gasteiger partial charge in [-0.1, -0.05) is 18.2 Å². The Labute approximate surface area is 222 Å². The van der Waals surface area contributed by atoms with Crippen molar-refractivity contribution in [3.63, 3.8) is 0 Å². The fourth-order valence-electron chi connectivity index (χ4n) is 5.16. The molecule has 38 heavy (non-hydrogen) atoms. The van der Waals surface area contributed by atoms with Crippen molar-refractivity contribution >= 4 is 29.0 Å². The minimum atomic E-state index is -0.215. The van der Waals surface area contributed by atoms with E-state index in [0.717, 1.165) is 49.7 Å². The van der Waals surface area contributed by atoms with Crippen LogP contribution >= 0.6 is 0 Å². The second kappa shape index (κ2) is 10.1. The molecule has 0 unspecified atom stereocenters. The van der Waals surface area contributed by atoms with Crippen LogP contribution in [0.25, 0.3) is 0 Å². The fourth-order valence-corrected chi connectivity index (χ4v) is 5.16. The van der Waals surface area contributed by atoms with E-state index < -0.39 is 0 Å². The number of para-hydroxylation sites is 1. The molecule has 8 heteroatoms. The Hall–Kier alpha value is -4.43. The zero-order valence-electron chi connectivity index (χ0n) is 21.4. The lowest BCUT2D eigenvalue weighted by Crippen LogP contribution is -2.45. The number of aromatic nitrogens is 2. The first-order valence-electron chi connectivity index (χ1n) is 12.9. The van der Waals surface area contributed by atoms with Gasteiger partial charge in [-0.3, -0.25) is 9.59 Å². The zero-order chi connectivity index (χ0) is 26.1. The number of nitrogens with zero attached hydrogens (tertiary/aromatic N) is 5. The van der Waals surface area contributed by atoms with Crippen LogP contribution in [-0.4, -0.2) is 59.5 Å². The average molecular weight is 507 g/mol. The summed E-state index contributed by atoms with van der Waals surface area (Å²) in [5, 5.41) is 2.98. The Kier molecular flexibility index (Phi) is 6.39. The van der Waals surface area contributed by atoms with E-state index in [1.807, 2.05) is 29.2 Å². The lowest BCUT2D eigenvalue weighted by atomic mass is 10.1. The maximum absolute atomic E-state index is 13.7. The van der Waals surface area contributed by atoms with Crippen molar-refractivity contribution in [3.8, 4) is 0 Å². The number of anilines is 3. The fraction of sp³-hybridized carbons (Fsp3) is 0.233. The van der Waals surface area contributed by atoms with Gasteiger partial charge < -0.3 is 24.6 Å². The molecule has 0 radical (unpaired) electrons. The van der Waals surface area contributed by atoms with Gasteiger partial charge in [0.2, 0.25) is 0 Å². The average Bonchev–Trinajstić information content (AvgIpc) is 3.32. The summed E-state index contributed by atoms with van der Waals surface area (Å²) in [4.78, 5) is 37.6. The number of carbonyl (C=O) groups is 2. The van der Waals surface area contributed by atoms with Crippen molar-refractivity contribution < 1.29 is 9.59 Å². The predicted molar refractivity (Wildman–Crippen MR) is 149 cm³/mol. The number of fused-ring (bicyclic) bond motifs is 2. The largest absolute Gasteiger partial charge is 0.353 e. The third-order valence-corrected chi connectivity index (χ3v) is 7.34. The molecule has 0 spiro atoms. The first-order valence-corrected chi connectivity index (χ1v) is 12.9. The van der Waals surface area contributed by atoms with Crippen molar-refractivity contribution in [2.75, 3.05) is 48.3 Å². The quantitative estimate of drug-likeness (QED) is 0.451. The van der Waals surface area contributed by atoms with Gasteiger partial charge in [-0.25, -0.2) is 4.98 Å². The highest BCUT2D eigenvalue weighted by molar-refractivity contribution is 6.09. The number of carbonyl (C=O) groups excluding carboxylic acids is 2. The van der Waals surface area contributed by atoms with E-state index in [2.05, 4.69) is 50.0 Å². The number of rotatable bonds is 4. The van der Waals surface area contributed by atoms with Crippen LogP contribution in [0.2, 0.25) is 0 Å². The van der Waals surface area contributed by atoms with Crippen LogP contribution in [-0.2, 0) is 13.1 Å². The van der Waals surface area contributed by atoms with Gasteiger partial charge in [0.1, 0.15) is 5.82 Å². The Balaban J connectivity index is 1.20. The molecule has 2 aliphatic rings. The second-order valence-electron chi connectivity index (χ2n) is 9.84. The molecule has 1 fully saturated rings. The van der Waals surface area contributed by atoms with Crippen LogP contribution in [0.3, 0.4) is 0 Å². The zero-order valence-corrected chi connectivity index (χ0v) is 21.4. The van der Waals surface area contributed by atoms with Gasteiger partial charge in [0.25, 0.3) is 11.8 Å². The summed E-state index contributed by atoms with van der Waals surface area (Å²) in [6.07, 6.45) is 3.78. The topological polar surface area (TPSA) is 73.7 Å². The summed E-state index contributed by atoms with van der Waals surface area (Å²) in [6.45, 7) is 4.75. The number of likely N-dealkylation sites (N-methyl/N-ethyl adjacent to an activating group) is 1. The third-order valence-electron chi connectivity index (χ3n) is 7.34. The summed E-state index contributed by atoms with van der Waals surface area (Å²) in [7, 11) is 2.10. The smallest absolute Gasteiger partial charge is 0.259 e. The molecule has 4 aromatic rings. The summed E-state index contributed by atoms with van der Waals surface area (Å²) in [6, 6.07) is 22.8. The number of piperazine rings is 1. The first-order chi connectivity index (χ1) is 18.6. The van der Waals surface area contributed by atoms with Gasteiger partial charge >= 0.3 is 0 Å². The minimum Gasteiger partial charge on any atom is -0.353 e. The molecule has 2 aliphatic heterocycles. The normalized spacial score (nSPS) is 15.4. The maximum atomic E-state index is 13.7. The van der Waals surface area contributed by atoms with E-state index in [0.29, 0.717) is 29.2 Å². The predicted octanol–water partition coefficient (Wildman–Crippen LogP) is 4.10. The molecule has 6 rings (SSSR count).